The predicted molar refractivity (Wildman–Crippen MR) is 47.7 cm³/mol. The predicted octanol–water partition coefficient (Wildman–Crippen LogP) is 0.236. The molecule has 0 aromatic rings. The minimum Gasteiger partial charge on any atom is -0.480 e. The Bertz CT molecular complexity index is 212. The second kappa shape index (κ2) is 5.56. The Hall–Kier alpha value is -1.14. The molecule has 0 aliphatic rings. The molecule has 0 aliphatic heterocycles. The largest absolute Gasteiger partial charge is 0.480 e. The molecule has 0 aromatic carbocycles. The Morgan fingerprint density at radius 2 is 1.86 bits per heavy atom. The molecular formula is C8H15NO5. The highest BCUT2D eigenvalue weighted by molar-refractivity contribution is 5.81. The quantitative estimate of drug-likeness (QED) is 0.424. The molecule has 0 bridgehead atoms. The number of aliphatic carboxylic acids is 1. The van der Waals surface area contributed by atoms with Crippen LogP contribution in [0.15, 0.2) is 0 Å². The first kappa shape index (κ1) is 12.9. The molecule has 0 atom stereocenters. The van der Waals surface area contributed by atoms with Crippen molar-refractivity contribution in [3.63, 3.8) is 0 Å². The summed E-state index contributed by atoms with van der Waals surface area (Å²) < 4.78 is 0. The van der Waals surface area contributed by atoms with Crippen LogP contribution in [0.1, 0.15) is 26.7 Å². The van der Waals surface area contributed by atoms with Crippen molar-refractivity contribution in [2.24, 2.45) is 0 Å². The van der Waals surface area contributed by atoms with Gasteiger partial charge in [0.15, 0.2) is 0 Å². The van der Waals surface area contributed by atoms with E-state index in [1.54, 1.807) is 13.8 Å². The molecule has 3 N–H and O–H groups in total. The summed E-state index contributed by atoms with van der Waals surface area (Å²) in [6.45, 7) is 3.06. The monoisotopic (exact) mass is 205 g/mol. The third-order valence-corrected chi connectivity index (χ3v) is 2.26. The number of hydrogen-bond donors (Lipinski definition) is 3. The van der Waals surface area contributed by atoms with Gasteiger partial charge in [-0.05, 0) is 12.8 Å². The fraction of sp³-hybridized carbons (Fsp3) is 0.750. The van der Waals surface area contributed by atoms with Crippen molar-refractivity contribution in [2.75, 3.05) is 6.54 Å². The fourth-order valence-corrected chi connectivity index (χ4v) is 1.19. The third kappa shape index (κ3) is 2.97. The summed E-state index contributed by atoms with van der Waals surface area (Å²) in [5.74, 6) is -1.93. The van der Waals surface area contributed by atoms with Crippen molar-refractivity contribution in [1.82, 2.24) is 5.32 Å². The Balaban J connectivity index is 4.52. The van der Waals surface area contributed by atoms with Gasteiger partial charge in [0.25, 0.3) is 0 Å². The van der Waals surface area contributed by atoms with Gasteiger partial charge in [0.2, 0.25) is 0 Å². The first-order chi connectivity index (χ1) is 6.52. The average molecular weight is 205 g/mol. The van der Waals surface area contributed by atoms with Crippen LogP contribution in [0.25, 0.3) is 0 Å². The molecule has 0 radical (unpaired) electrons. The van der Waals surface area contributed by atoms with Gasteiger partial charge >= 0.3 is 11.9 Å². The molecule has 0 fully saturated rings. The summed E-state index contributed by atoms with van der Waals surface area (Å²) >= 11 is 0. The zero-order valence-corrected chi connectivity index (χ0v) is 8.24. The lowest BCUT2D eigenvalue weighted by Gasteiger charge is -2.27. The molecule has 0 aromatic heterocycles. The maximum Gasteiger partial charge on any atom is 0.361 e. The van der Waals surface area contributed by atoms with Crippen LogP contribution in [0.3, 0.4) is 0 Å². The van der Waals surface area contributed by atoms with Crippen LogP contribution in [0.5, 0.6) is 0 Å². The lowest BCUT2D eigenvalue weighted by molar-refractivity contribution is -0.242. The Kier molecular flexibility index (Phi) is 5.11. The van der Waals surface area contributed by atoms with Gasteiger partial charge in [0, 0.05) is 0 Å². The van der Waals surface area contributed by atoms with Gasteiger partial charge in [-0.2, -0.15) is 5.26 Å². The van der Waals surface area contributed by atoms with Crippen molar-refractivity contribution in [1.29, 1.82) is 0 Å². The molecule has 82 valence electrons. The van der Waals surface area contributed by atoms with Crippen molar-refractivity contribution in [2.45, 2.75) is 32.2 Å². The van der Waals surface area contributed by atoms with E-state index in [1.165, 1.54) is 0 Å². The van der Waals surface area contributed by atoms with Crippen LogP contribution in [0, 0.1) is 0 Å². The number of hydrogen-bond acceptors (Lipinski definition) is 5. The van der Waals surface area contributed by atoms with Crippen LogP contribution in [-0.2, 0) is 14.5 Å². The Morgan fingerprint density at radius 3 is 2.14 bits per heavy atom. The zero-order valence-electron chi connectivity index (χ0n) is 8.24. The van der Waals surface area contributed by atoms with E-state index in [2.05, 4.69) is 10.2 Å². The first-order valence-corrected chi connectivity index (χ1v) is 4.35. The van der Waals surface area contributed by atoms with E-state index in [-0.39, 0.29) is 6.54 Å². The topological polar surface area (TPSA) is 95.9 Å². The van der Waals surface area contributed by atoms with E-state index < -0.39 is 17.5 Å². The molecule has 14 heavy (non-hydrogen) atoms. The number of rotatable bonds is 6. The van der Waals surface area contributed by atoms with Crippen molar-refractivity contribution < 1.29 is 24.8 Å². The second-order valence-corrected chi connectivity index (χ2v) is 2.92. The molecule has 0 heterocycles. The number of nitrogens with one attached hydrogen (secondary N) is 1. The minimum absolute atomic E-state index is 0.343. The van der Waals surface area contributed by atoms with Crippen LogP contribution >= 0.6 is 0 Å². The van der Waals surface area contributed by atoms with Gasteiger partial charge in [-0.15, -0.1) is 0 Å². The molecular weight excluding hydrogens is 190 g/mol. The fourth-order valence-electron chi connectivity index (χ4n) is 1.19. The van der Waals surface area contributed by atoms with Crippen LogP contribution in [0.4, 0.5) is 0 Å². The molecule has 6 heteroatoms. The molecule has 0 saturated heterocycles. The maximum atomic E-state index is 11.2. The van der Waals surface area contributed by atoms with Crippen molar-refractivity contribution in [3.8, 4) is 0 Å². The number of carboxylic acids is 1. The molecule has 0 aliphatic carbocycles. The molecule has 0 spiro atoms. The van der Waals surface area contributed by atoms with Gasteiger partial charge in [-0.3, -0.25) is 15.0 Å². The van der Waals surface area contributed by atoms with E-state index in [4.69, 9.17) is 10.4 Å². The normalized spacial score (nSPS) is 11.1. The molecule has 0 rings (SSSR count). The molecule has 0 amide bonds. The van der Waals surface area contributed by atoms with E-state index in [0.717, 1.165) is 0 Å². The summed E-state index contributed by atoms with van der Waals surface area (Å²) in [7, 11) is 0. The molecule has 0 saturated carbocycles. The smallest absolute Gasteiger partial charge is 0.361 e. The SMILES string of the molecule is CCC(CC)(NCC(=O)O)C(=O)OO. The summed E-state index contributed by atoms with van der Waals surface area (Å²) in [5.41, 5.74) is -1.12. The molecule has 0 unspecified atom stereocenters. The average Bonchev–Trinajstić information content (AvgIpc) is 2.19. The third-order valence-electron chi connectivity index (χ3n) is 2.26. The molecule has 6 nitrogen and oxygen atoms in total. The highest BCUT2D eigenvalue weighted by Crippen LogP contribution is 2.16. The Morgan fingerprint density at radius 1 is 1.36 bits per heavy atom. The van der Waals surface area contributed by atoms with Gasteiger partial charge in [-0.1, -0.05) is 13.8 Å². The summed E-state index contributed by atoms with van der Waals surface area (Å²) in [6.07, 6.45) is 0.687. The van der Waals surface area contributed by atoms with E-state index in [1.807, 2.05) is 0 Å². The summed E-state index contributed by atoms with van der Waals surface area (Å²) in [4.78, 5) is 25.1. The second-order valence-electron chi connectivity index (χ2n) is 2.92. The number of carboxylic acid groups (broad SMARTS) is 1. The highest BCUT2D eigenvalue weighted by Gasteiger charge is 2.37. The van der Waals surface area contributed by atoms with Crippen molar-refractivity contribution in [3.05, 3.63) is 0 Å². The van der Waals surface area contributed by atoms with Gasteiger partial charge in [0.1, 0.15) is 5.54 Å². The van der Waals surface area contributed by atoms with Gasteiger partial charge in [-0.25, -0.2) is 4.79 Å². The maximum absolute atomic E-state index is 11.2. The lowest BCUT2D eigenvalue weighted by Crippen LogP contribution is -2.53. The first-order valence-electron chi connectivity index (χ1n) is 4.35. The Labute approximate surface area is 81.8 Å². The van der Waals surface area contributed by atoms with Gasteiger partial charge in [0.05, 0.1) is 6.54 Å². The number of carbonyl (C=O) groups is 2. The minimum atomic E-state index is -1.12. The number of carbonyl (C=O) groups excluding carboxylic acids is 1. The highest BCUT2D eigenvalue weighted by atomic mass is 17.1. The standard InChI is InChI=1S/C8H15NO5/c1-3-8(4-2,7(12)14-13)9-5-6(10)11/h9,13H,3-5H2,1-2H3,(H,10,11). The lowest BCUT2D eigenvalue weighted by atomic mass is 9.93. The van der Waals surface area contributed by atoms with Crippen molar-refractivity contribution >= 4 is 11.9 Å². The van der Waals surface area contributed by atoms with E-state index in [9.17, 15) is 9.59 Å². The van der Waals surface area contributed by atoms with E-state index >= 15 is 0 Å². The van der Waals surface area contributed by atoms with Gasteiger partial charge < -0.3 is 5.11 Å². The zero-order chi connectivity index (χ0) is 11.2. The van der Waals surface area contributed by atoms with Crippen LogP contribution in [-0.4, -0.2) is 34.4 Å². The van der Waals surface area contributed by atoms with E-state index in [0.29, 0.717) is 12.8 Å². The van der Waals surface area contributed by atoms with Crippen LogP contribution < -0.4 is 5.32 Å². The summed E-state index contributed by atoms with van der Waals surface area (Å²) in [5, 5.41) is 19.3. The van der Waals surface area contributed by atoms with Crippen LogP contribution in [0.2, 0.25) is 0 Å². The summed E-state index contributed by atoms with van der Waals surface area (Å²) in [6, 6.07) is 0.